The van der Waals surface area contributed by atoms with Gasteiger partial charge in [-0.15, -0.1) is 0 Å². The molecule has 1 rings (SSSR count). The van der Waals surface area contributed by atoms with E-state index in [1.165, 1.54) is 25.7 Å². The summed E-state index contributed by atoms with van der Waals surface area (Å²) in [5, 5.41) is 10.8. The molecule has 0 bridgehead atoms. The van der Waals surface area contributed by atoms with Crippen molar-refractivity contribution < 1.29 is 14.6 Å². The molecule has 0 fully saturated rings. The molecule has 0 radical (unpaired) electrons. The highest BCUT2D eigenvalue weighted by atomic mass is 16.5. The van der Waals surface area contributed by atoms with Crippen LogP contribution in [0.2, 0.25) is 0 Å². The summed E-state index contributed by atoms with van der Waals surface area (Å²) >= 11 is 0. The van der Waals surface area contributed by atoms with E-state index in [0.29, 0.717) is 17.9 Å². The number of phenolic OH excluding ortho intramolecular Hbond substituents is 1. The van der Waals surface area contributed by atoms with Gasteiger partial charge in [0, 0.05) is 17.5 Å². The molecule has 0 unspecified atom stereocenters. The van der Waals surface area contributed by atoms with Gasteiger partial charge in [0.05, 0.1) is 0 Å². The van der Waals surface area contributed by atoms with E-state index in [1.807, 2.05) is 12.1 Å². The average molecular weight is 391 g/mol. The van der Waals surface area contributed by atoms with Crippen LogP contribution in [-0.2, 0) is 15.6 Å². The van der Waals surface area contributed by atoms with Gasteiger partial charge < -0.3 is 9.84 Å². The summed E-state index contributed by atoms with van der Waals surface area (Å²) in [7, 11) is 0. The Kier molecular flexibility index (Phi) is 9.04. The van der Waals surface area contributed by atoms with Gasteiger partial charge in [0.15, 0.2) is 0 Å². The molecule has 0 heterocycles. The Bertz CT molecular complexity index is 595. The van der Waals surface area contributed by atoms with Crippen LogP contribution in [0.3, 0.4) is 0 Å². The lowest BCUT2D eigenvalue weighted by molar-refractivity contribution is -0.134. The summed E-state index contributed by atoms with van der Waals surface area (Å²) in [5.74, 6) is 1.43. The van der Waals surface area contributed by atoms with Crippen molar-refractivity contribution in [2.75, 3.05) is 0 Å². The van der Waals surface area contributed by atoms with Crippen LogP contribution in [0.4, 0.5) is 0 Å². The minimum absolute atomic E-state index is 0.187. The Hall–Kier alpha value is -1.51. The Morgan fingerprint density at radius 2 is 1.36 bits per heavy atom. The van der Waals surface area contributed by atoms with Gasteiger partial charge in [-0.05, 0) is 35.3 Å². The second-order valence-corrected chi connectivity index (χ2v) is 10.5. The van der Waals surface area contributed by atoms with E-state index < -0.39 is 0 Å². The normalized spacial score (nSPS) is 12.5. The number of esters is 1. The highest BCUT2D eigenvalue weighted by molar-refractivity contribution is 5.72. The molecule has 0 spiro atoms. The van der Waals surface area contributed by atoms with Gasteiger partial charge in [0.2, 0.25) is 0 Å². The van der Waals surface area contributed by atoms with Crippen molar-refractivity contribution in [3.8, 4) is 11.5 Å². The number of benzene rings is 1. The van der Waals surface area contributed by atoms with E-state index in [1.54, 1.807) is 0 Å². The van der Waals surface area contributed by atoms with Crippen molar-refractivity contribution in [1.29, 1.82) is 0 Å². The molecule has 0 amide bonds. The van der Waals surface area contributed by atoms with E-state index in [4.69, 9.17) is 4.74 Å². The first-order valence-corrected chi connectivity index (χ1v) is 10.9. The van der Waals surface area contributed by atoms with E-state index in [0.717, 1.165) is 29.9 Å². The van der Waals surface area contributed by atoms with Crippen molar-refractivity contribution >= 4 is 5.97 Å². The molecule has 1 N–H and O–H groups in total. The molecule has 0 aromatic heterocycles. The number of carbonyl (C=O) groups is 1. The first-order chi connectivity index (χ1) is 12.8. The summed E-state index contributed by atoms with van der Waals surface area (Å²) in [6, 6.07) is 3.63. The Balaban J connectivity index is 2.69. The zero-order valence-electron chi connectivity index (χ0n) is 19.4. The minimum atomic E-state index is -0.234. The number of aromatic hydroxyl groups is 1. The summed E-state index contributed by atoms with van der Waals surface area (Å²) in [5.41, 5.74) is 1.16. The van der Waals surface area contributed by atoms with Gasteiger partial charge in [-0.3, -0.25) is 4.79 Å². The number of carbonyl (C=O) groups excluding carboxylic acids is 1. The number of rotatable bonds is 9. The maximum Gasteiger partial charge on any atom is 0.311 e. The Morgan fingerprint density at radius 1 is 0.893 bits per heavy atom. The fourth-order valence-electron chi connectivity index (χ4n) is 3.35. The molecule has 0 saturated heterocycles. The van der Waals surface area contributed by atoms with Crippen molar-refractivity contribution in [3.05, 3.63) is 23.3 Å². The number of phenols is 1. The lowest BCUT2D eigenvalue weighted by Crippen LogP contribution is -2.18. The summed E-state index contributed by atoms with van der Waals surface area (Å²) in [6.07, 6.45) is 7.38. The van der Waals surface area contributed by atoms with Crippen LogP contribution in [0.5, 0.6) is 11.5 Å². The van der Waals surface area contributed by atoms with Crippen LogP contribution < -0.4 is 4.74 Å². The van der Waals surface area contributed by atoms with E-state index in [2.05, 4.69) is 55.4 Å². The standard InChI is InChI=1S/C25H42O3/c1-18(2)14-12-10-9-11-13-15-22(26)28-19-16-20(24(3,4)5)23(27)21(17-19)25(6,7)8/h16-18,27H,9-15H2,1-8H3. The molecule has 0 aliphatic rings. The predicted octanol–water partition coefficient (Wildman–Crippen LogP) is 7.28. The van der Waals surface area contributed by atoms with Gasteiger partial charge in [0.25, 0.3) is 0 Å². The molecule has 1 aromatic rings. The molecular weight excluding hydrogens is 348 g/mol. The van der Waals surface area contributed by atoms with Crippen molar-refractivity contribution in [2.45, 2.75) is 111 Å². The molecule has 160 valence electrons. The average Bonchev–Trinajstić information content (AvgIpc) is 2.53. The third-order valence-corrected chi connectivity index (χ3v) is 5.09. The smallest absolute Gasteiger partial charge is 0.311 e. The van der Waals surface area contributed by atoms with Gasteiger partial charge in [0.1, 0.15) is 11.5 Å². The number of hydrogen-bond donors (Lipinski definition) is 1. The quantitative estimate of drug-likeness (QED) is 0.274. The van der Waals surface area contributed by atoms with Crippen molar-refractivity contribution in [2.24, 2.45) is 5.92 Å². The zero-order chi connectivity index (χ0) is 21.5. The monoisotopic (exact) mass is 390 g/mol. The molecule has 0 atom stereocenters. The third kappa shape index (κ3) is 8.24. The summed E-state index contributed by atoms with van der Waals surface area (Å²) in [6.45, 7) is 16.8. The Morgan fingerprint density at radius 3 is 1.82 bits per heavy atom. The lowest BCUT2D eigenvalue weighted by atomic mass is 9.79. The second kappa shape index (κ2) is 10.3. The molecule has 0 saturated carbocycles. The van der Waals surface area contributed by atoms with Crippen LogP contribution in [0.15, 0.2) is 12.1 Å². The van der Waals surface area contributed by atoms with Crippen molar-refractivity contribution in [1.82, 2.24) is 0 Å². The third-order valence-electron chi connectivity index (χ3n) is 5.09. The fourth-order valence-corrected chi connectivity index (χ4v) is 3.35. The van der Waals surface area contributed by atoms with Crippen LogP contribution in [-0.4, -0.2) is 11.1 Å². The van der Waals surface area contributed by atoms with Crippen LogP contribution in [0.25, 0.3) is 0 Å². The van der Waals surface area contributed by atoms with Crippen LogP contribution in [0.1, 0.15) is 111 Å². The zero-order valence-corrected chi connectivity index (χ0v) is 19.4. The predicted molar refractivity (Wildman–Crippen MR) is 118 cm³/mol. The van der Waals surface area contributed by atoms with E-state index in [9.17, 15) is 9.90 Å². The molecular formula is C25H42O3. The van der Waals surface area contributed by atoms with Gasteiger partial charge >= 0.3 is 5.97 Å². The molecule has 3 nitrogen and oxygen atoms in total. The molecule has 1 aromatic carbocycles. The topological polar surface area (TPSA) is 46.5 Å². The SMILES string of the molecule is CC(C)CCCCCCCC(=O)Oc1cc(C(C)(C)C)c(O)c(C(C)(C)C)c1. The molecule has 28 heavy (non-hydrogen) atoms. The summed E-state index contributed by atoms with van der Waals surface area (Å²) in [4.78, 5) is 12.3. The highest BCUT2D eigenvalue weighted by Gasteiger charge is 2.27. The van der Waals surface area contributed by atoms with Gasteiger partial charge in [-0.1, -0.05) is 87.5 Å². The summed E-state index contributed by atoms with van der Waals surface area (Å²) < 4.78 is 5.65. The van der Waals surface area contributed by atoms with Crippen LogP contribution in [0, 0.1) is 5.92 Å². The highest BCUT2D eigenvalue weighted by Crippen LogP contribution is 2.41. The largest absolute Gasteiger partial charge is 0.507 e. The minimum Gasteiger partial charge on any atom is -0.507 e. The van der Waals surface area contributed by atoms with E-state index >= 15 is 0 Å². The lowest BCUT2D eigenvalue weighted by Gasteiger charge is -2.27. The second-order valence-electron chi connectivity index (χ2n) is 10.5. The number of ether oxygens (including phenoxy) is 1. The first-order valence-electron chi connectivity index (χ1n) is 10.9. The van der Waals surface area contributed by atoms with Gasteiger partial charge in [-0.2, -0.15) is 0 Å². The Labute approximate surface area is 172 Å². The number of hydrogen-bond acceptors (Lipinski definition) is 3. The molecule has 0 aliphatic carbocycles. The van der Waals surface area contributed by atoms with E-state index in [-0.39, 0.29) is 16.8 Å². The maximum absolute atomic E-state index is 12.3. The van der Waals surface area contributed by atoms with Crippen molar-refractivity contribution in [3.63, 3.8) is 0 Å². The first kappa shape index (κ1) is 24.5. The number of unbranched alkanes of at least 4 members (excludes halogenated alkanes) is 4. The molecule has 0 aliphatic heterocycles. The maximum atomic E-state index is 12.3. The molecule has 3 heteroatoms. The van der Waals surface area contributed by atoms with Gasteiger partial charge in [-0.25, -0.2) is 0 Å². The van der Waals surface area contributed by atoms with Crippen LogP contribution >= 0.6 is 0 Å². The fraction of sp³-hybridized carbons (Fsp3) is 0.720.